The van der Waals surface area contributed by atoms with Gasteiger partial charge in [0.15, 0.2) is 5.16 Å². The molecule has 0 saturated heterocycles. The van der Waals surface area contributed by atoms with Crippen LogP contribution in [-0.2, 0) is 4.79 Å². The van der Waals surface area contributed by atoms with E-state index in [1.165, 1.54) is 18.0 Å². The molecule has 126 valence electrons. The van der Waals surface area contributed by atoms with E-state index in [0.29, 0.717) is 10.2 Å². The summed E-state index contributed by atoms with van der Waals surface area (Å²) >= 11 is 7.37. The molecule has 0 aliphatic heterocycles. The predicted octanol–water partition coefficient (Wildman–Crippen LogP) is 4.04. The summed E-state index contributed by atoms with van der Waals surface area (Å²) in [6.45, 7) is 0. The fraction of sp³-hybridized carbons (Fsp3) is 0.0556. The van der Waals surface area contributed by atoms with Gasteiger partial charge in [-0.2, -0.15) is 5.10 Å². The molecule has 3 rings (SSSR count). The number of hydrogen-bond acceptors (Lipinski definition) is 4. The first kappa shape index (κ1) is 17.3. The molecular formula is C18H15ClN4OS. The van der Waals surface area contributed by atoms with Gasteiger partial charge in [-0.1, -0.05) is 65.8 Å². The van der Waals surface area contributed by atoms with Crippen LogP contribution in [0.4, 0.5) is 0 Å². The van der Waals surface area contributed by atoms with Crippen LogP contribution in [0.25, 0.3) is 17.1 Å². The lowest BCUT2D eigenvalue weighted by atomic mass is 10.2. The molecular weight excluding hydrogens is 356 g/mol. The van der Waals surface area contributed by atoms with Crippen LogP contribution >= 0.6 is 23.4 Å². The zero-order valence-electron chi connectivity index (χ0n) is 13.1. The Morgan fingerprint density at radius 2 is 1.96 bits per heavy atom. The Balaban J connectivity index is 1.48. The molecule has 0 aliphatic rings. The van der Waals surface area contributed by atoms with Gasteiger partial charge in [0, 0.05) is 0 Å². The van der Waals surface area contributed by atoms with Gasteiger partial charge in [0.1, 0.15) is 0 Å². The number of carbonyl (C=O) groups is 1. The summed E-state index contributed by atoms with van der Waals surface area (Å²) in [5, 5.41) is 4.98. The van der Waals surface area contributed by atoms with Gasteiger partial charge >= 0.3 is 0 Å². The number of hydrogen-bond donors (Lipinski definition) is 2. The number of aromatic amines is 1. The molecule has 3 aromatic rings. The van der Waals surface area contributed by atoms with Gasteiger partial charge in [0.05, 0.1) is 28.0 Å². The minimum atomic E-state index is -0.231. The van der Waals surface area contributed by atoms with Crippen molar-refractivity contribution in [1.82, 2.24) is 15.4 Å². The average Bonchev–Trinajstić information content (AvgIpc) is 3.04. The van der Waals surface area contributed by atoms with Crippen molar-refractivity contribution in [2.75, 3.05) is 5.75 Å². The molecule has 0 atom stereocenters. The standard InChI is InChI=1S/C18H15ClN4OS/c19-14(10-13-6-2-1-3-7-13)11-20-23-17(24)12-25-18-21-15-8-4-5-9-16(15)22-18/h1-11H,12H2,(H,21,22)(H,23,24)/b14-10-,20-11-. The molecule has 0 aliphatic carbocycles. The molecule has 1 heterocycles. The number of rotatable bonds is 6. The van der Waals surface area contributed by atoms with Crippen molar-refractivity contribution in [1.29, 1.82) is 0 Å². The lowest BCUT2D eigenvalue weighted by Crippen LogP contribution is -2.19. The summed E-state index contributed by atoms with van der Waals surface area (Å²) in [7, 11) is 0. The predicted molar refractivity (Wildman–Crippen MR) is 104 cm³/mol. The number of allylic oxidation sites excluding steroid dienone is 1. The van der Waals surface area contributed by atoms with E-state index in [4.69, 9.17) is 11.6 Å². The van der Waals surface area contributed by atoms with E-state index >= 15 is 0 Å². The Labute approximate surface area is 154 Å². The number of thioether (sulfide) groups is 1. The number of amides is 1. The minimum absolute atomic E-state index is 0.206. The number of hydrazone groups is 1. The van der Waals surface area contributed by atoms with Crippen molar-refractivity contribution in [2.24, 2.45) is 5.10 Å². The van der Waals surface area contributed by atoms with Gasteiger partial charge in [-0.05, 0) is 23.8 Å². The fourth-order valence-electron chi connectivity index (χ4n) is 2.08. The number of fused-ring (bicyclic) bond motifs is 1. The maximum atomic E-state index is 11.8. The molecule has 0 saturated carbocycles. The summed E-state index contributed by atoms with van der Waals surface area (Å²) < 4.78 is 0. The molecule has 1 amide bonds. The van der Waals surface area contributed by atoms with E-state index < -0.39 is 0 Å². The third kappa shape index (κ3) is 5.20. The zero-order chi connectivity index (χ0) is 17.5. The Morgan fingerprint density at radius 3 is 2.76 bits per heavy atom. The van der Waals surface area contributed by atoms with E-state index in [0.717, 1.165) is 16.6 Å². The van der Waals surface area contributed by atoms with Crippen molar-refractivity contribution in [3.63, 3.8) is 0 Å². The average molecular weight is 371 g/mol. The maximum absolute atomic E-state index is 11.8. The van der Waals surface area contributed by atoms with Crippen molar-refractivity contribution in [2.45, 2.75) is 5.16 Å². The lowest BCUT2D eigenvalue weighted by molar-refractivity contribution is -0.118. The topological polar surface area (TPSA) is 70.1 Å². The Kier molecular flexibility index (Phi) is 5.87. The van der Waals surface area contributed by atoms with Crippen molar-refractivity contribution < 1.29 is 4.79 Å². The normalized spacial score (nSPS) is 12.0. The first-order chi connectivity index (χ1) is 12.2. The van der Waals surface area contributed by atoms with Gasteiger partial charge in [0.2, 0.25) is 0 Å². The zero-order valence-corrected chi connectivity index (χ0v) is 14.7. The molecule has 0 radical (unpaired) electrons. The second-order valence-corrected chi connectivity index (χ2v) is 6.48. The Morgan fingerprint density at radius 1 is 1.20 bits per heavy atom. The first-order valence-corrected chi connectivity index (χ1v) is 8.89. The Bertz CT molecular complexity index is 888. The molecule has 25 heavy (non-hydrogen) atoms. The number of halogens is 1. The van der Waals surface area contributed by atoms with E-state index in [2.05, 4.69) is 20.5 Å². The van der Waals surface area contributed by atoms with Crippen molar-refractivity contribution in [3.8, 4) is 0 Å². The van der Waals surface area contributed by atoms with E-state index in [1.54, 1.807) is 6.08 Å². The number of nitrogens with one attached hydrogen (secondary N) is 2. The van der Waals surface area contributed by atoms with Crippen LogP contribution in [0.2, 0.25) is 0 Å². The molecule has 0 unspecified atom stereocenters. The van der Waals surface area contributed by atoms with Crippen molar-refractivity contribution >= 4 is 52.6 Å². The first-order valence-electron chi connectivity index (χ1n) is 7.52. The largest absolute Gasteiger partial charge is 0.333 e. The fourth-order valence-corrected chi connectivity index (χ4v) is 2.93. The monoisotopic (exact) mass is 370 g/mol. The lowest BCUT2D eigenvalue weighted by Gasteiger charge is -1.97. The number of aromatic nitrogens is 2. The van der Waals surface area contributed by atoms with Crippen LogP contribution in [0.1, 0.15) is 5.56 Å². The summed E-state index contributed by atoms with van der Waals surface area (Å²) in [4.78, 5) is 19.4. The van der Waals surface area contributed by atoms with Crippen molar-refractivity contribution in [3.05, 3.63) is 65.2 Å². The second-order valence-electron chi connectivity index (χ2n) is 5.08. The maximum Gasteiger partial charge on any atom is 0.250 e. The number of benzene rings is 2. The SMILES string of the molecule is O=C(CSc1nc2ccccc2[nH]1)N/N=C\C(Cl)=C\c1ccccc1. The second kappa shape index (κ2) is 8.50. The molecule has 7 heteroatoms. The van der Waals surface area contributed by atoms with Crippen LogP contribution in [-0.4, -0.2) is 27.8 Å². The van der Waals surface area contributed by atoms with Crippen LogP contribution in [0.3, 0.4) is 0 Å². The molecule has 0 bridgehead atoms. The molecule has 2 aromatic carbocycles. The van der Waals surface area contributed by atoms with Gasteiger partial charge in [-0.25, -0.2) is 10.4 Å². The van der Waals surface area contributed by atoms with Gasteiger partial charge < -0.3 is 4.98 Å². The van der Waals surface area contributed by atoms with Crippen LogP contribution in [0.15, 0.2) is 69.9 Å². The molecule has 2 N–H and O–H groups in total. The number of nitrogens with zero attached hydrogens (tertiary/aromatic N) is 2. The quantitative estimate of drug-likeness (QED) is 0.391. The number of imidazole rings is 1. The highest BCUT2D eigenvalue weighted by Gasteiger charge is 2.06. The summed E-state index contributed by atoms with van der Waals surface area (Å²) in [5.74, 6) is -0.0251. The van der Waals surface area contributed by atoms with Gasteiger partial charge in [-0.15, -0.1) is 0 Å². The summed E-state index contributed by atoms with van der Waals surface area (Å²) in [5.41, 5.74) is 5.23. The van der Waals surface area contributed by atoms with Crippen LogP contribution in [0.5, 0.6) is 0 Å². The molecule has 5 nitrogen and oxygen atoms in total. The third-order valence-corrected chi connectivity index (χ3v) is 4.27. The number of para-hydroxylation sites is 2. The van der Waals surface area contributed by atoms with E-state index in [9.17, 15) is 4.79 Å². The highest BCUT2D eigenvalue weighted by atomic mass is 35.5. The van der Waals surface area contributed by atoms with Gasteiger partial charge in [0.25, 0.3) is 5.91 Å². The number of carbonyl (C=O) groups excluding carboxylic acids is 1. The Hall–Kier alpha value is -2.57. The molecule has 1 aromatic heterocycles. The molecule has 0 fully saturated rings. The van der Waals surface area contributed by atoms with Crippen LogP contribution in [0, 0.1) is 0 Å². The number of H-pyrrole nitrogens is 1. The van der Waals surface area contributed by atoms with Gasteiger partial charge in [-0.3, -0.25) is 4.79 Å². The smallest absolute Gasteiger partial charge is 0.250 e. The highest BCUT2D eigenvalue weighted by Crippen LogP contribution is 2.18. The summed E-state index contributed by atoms with van der Waals surface area (Å²) in [6.07, 6.45) is 3.17. The van der Waals surface area contributed by atoms with E-state index in [-0.39, 0.29) is 11.7 Å². The highest BCUT2D eigenvalue weighted by molar-refractivity contribution is 7.99. The molecule has 0 spiro atoms. The van der Waals surface area contributed by atoms with E-state index in [1.807, 2.05) is 54.6 Å². The van der Waals surface area contributed by atoms with Crippen LogP contribution < -0.4 is 5.43 Å². The third-order valence-electron chi connectivity index (χ3n) is 3.19. The summed E-state index contributed by atoms with van der Waals surface area (Å²) in [6, 6.07) is 17.3. The minimum Gasteiger partial charge on any atom is -0.333 e.